The molecule has 0 bridgehead atoms. The zero-order chi connectivity index (χ0) is 21.5. The highest BCUT2D eigenvalue weighted by atomic mass is 16.5. The van der Waals surface area contributed by atoms with Gasteiger partial charge in [0.15, 0.2) is 5.76 Å². The molecule has 0 saturated carbocycles. The molecular formula is C24H28N2O4. The van der Waals surface area contributed by atoms with E-state index in [-0.39, 0.29) is 18.3 Å². The third-order valence-corrected chi connectivity index (χ3v) is 5.07. The van der Waals surface area contributed by atoms with E-state index < -0.39 is 11.9 Å². The van der Waals surface area contributed by atoms with E-state index in [1.807, 2.05) is 6.07 Å². The molecule has 0 spiro atoms. The zero-order valence-corrected chi connectivity index (χ0v) is 17.4. The van der Waals surface area contributed by atoms with Gasteiger partial charge in [0, 0.05) is 13.1 Å². The van der Waals surface area contributed by atoms with E-state index in [2.05, 4.69) is 30.6 Å². The minimum atomic E-state index is -0.700. The second kappa shape index (κ2) is 9.96. The van der Waals surface area contributed by atoms with Crippen LogP contribution < -0.4 is 10.1 Å². The van der Waals surface area contributed by atoms with E-state index >= 15 is 0 Å². The van der Waals surface area contributed by atoms with Gasteiger partial charge in [0.2, 0.25) is 5.91 Å². The van der Waals surface area contributed by atoms with Crippen LogP contribution in [0.25, 0.3) is 0 Å². The number of benzene rings is 1. The number of ether oxygens (including phenoxy) is 1. The topological polar surface area (TPSA) is 71.8 Å². The summed E-state index contributed by atoms with van der Waals surface area (Å²) in [6.07, 6.45) is 6.68. The quantitative estimate of drug-likeness (QED) is 0.609. The Balaban J connectivity index is 1.54. The summed E-state index contributed by atoms with van der Waals surface area (Å²) in [5.74, 6) is 0.814. The van der Waals surface area contributed by atoms with Gasteiger partial charge < -0.3 is 19.4 Å². The molecule has 2 aromatic rings. The third-order valence-electron chi connectivity index (χ3n) is 5.07. The van der Waals surface area contributed by atoms with Crippen LogP contribution in [0.1, 0.15) is 40.8 Å². The minimum absolute atomic E-state index is 0.140. The normalized spacial score (nSPS) is 13.2. The first kappa shape index (κ1) is 21.4. The predicted octanol–water partition coefficient (Wildman–Crippen LogP) is 3.67. The van der Waals surface area contributed by atoms with E-state index in [1.54, 1.807) is 36.1 Å². The fraction of sp³-hybridized carbons (Fsp3) is 0.333. The minimum Gasteiger partial charge on any atom is -0.486 e. The number of fused-ring (bicyclic) bond motifs is 1. The van der Waals surface area contributed by atoms with Gasteiger partial charge in [-0.25, -0.2) is 0 Å². The molecule has 1 aromatic carbocycles. The van der Waals surface area contributed by atoms with Crippen molar-refractivity contribution in [2.75, 3.05) is 13.1 Å². The Morgan fingerprint density at radius 1 is 1.17 bits per heavy atom. The second-order valence-electron chi connectivity index (χ2n) is 7.35. The SMILES string of the molecule is C=CCN(CC=C)C(=O)C(C)NC(=O)c1ccc(COc2ccc3c(c2)CCC3)o1. The number of carbonyl (C=O) groups excluding carboxylic acids is 2. The summed E-state index contributed by atoms with van der Waals surface area (Å²) in [5.41, 5.74) is 2.73. The molecule has 1 aromatic heterocycles. The van der Waals surface area contributed by atoms with Gasteiger partial charge in [-0.15, -0.1) is 13.2 Å². The molecule has 0 aliphatic heterocycles. The van der Waals surface area contributed by atoms with Crippen LogP contribution >= 0.6 is 0 Å². The second-order valence-corrected chi connectivity index (χ2v) is 7.35. The molecule has 1 aliphatic rings. The largest absolute Gasteiger partial charge is 0.486 e. The Kier molecular flexibility index (Phi) is 7.12. The molecule has 2 amide bonds. The molecule has 1 aliphatic carbocycles. The Morgan fingerprint density at radius 2 is 1.90 bits per heavy atom. The summed E-state index contributed by atoms with van der Waals surface area (Å²) in [5, 5.41) is 2.68. The van der Waals surface area contributed by atoms with Crippen LogP contribution in [-0.2, 0) is 24.2 Å². The number of hydrogen-bond acceptors (Lipinski definition) is 4. The van der Waals surface area contributed by atoms with E-state index in [9.17, 15) is 9.59 Å². The fourth-order valence-electron chi connectivity index (χ4n) is 3.54. The molecule has 158 valence electrons. The van der Waals surface area contributed by atoms with Crippen molar-refractivity contribution in [3.63, 3.8) is 0 Å². The molecule has 0 fully saturated rings. The molecule has 0 saturated heterocycles. The molecule has 1 heterocycles. The van der Waals surface area contributed by atoms with Gasteiger partial charge in [-0.3, -0.25) is 9.59 Å². The maximum Gasteiger partial charge on any atom is 0.287 e. The average Bonchev–Trinajstić information content (AvgIpc) is 3.40. The highest BCUT2D eigenvalue weighted by Crippen LogP contribution is 2.26. The smallest absolute Gasteiger partial charge is 0.287 e. The number of aryl methyl sites for hydroxylation is 2. The van der Waals surface area contributed by atoms with Gasteiger partial charge in [-0.2, -0.15) is 0 Å². The van der Waals surface area contributed by atoms with Gasteiger partial charge in [-0.1, -0.05) is 18.2 Å². The molecule has 30 heavy (non-hydrogen) atoms. The van der Waals surface area contributed by atoms with Gasteiger partial charge in [-0.05, 0) is 61.6 Å². The molecule has 6 nitrogen and oxygen atoms in total. The van der Waals surface area contributed by atoms with Crippen LogP contribution in [0.3, 0.4) is 0 Å². The zero-order valence-electron chi connectivity index (χ0n) is 17.4. The van der Waals surface area contributed by atoms with Crippen molar-refractivity contribution in [3.05, 3.63) is 78.3 Å². The van der Waals surface area contributed by atoms with Crippen molar-refractivity contribution in [2.45, 2.75) is 38.8 Å². The third kappa shape index (κ3) is 5.20. The van der Waals surface area contributed by atoms with Crippen LogP contribution in [0, 0.1) is 0 Å². The van der Waals surface area contributed by atoms with Crippen molar-refractivity contribution in [1.82, 2.24) is 10.2 Å². The van der Waals surface area contributed by atoms with Crippen LogP contribution in [-0.4, -0.2) is 35.8 Å². The first-order chi connectivity index (χ1) is 14.5. The van der Waals surface area contributed by atoms with Gasteiger partial charge >= 0.3 is 0 Å². The average molecular weight is 408 g/mol. The van der Waals surface area contributed by atoms with Crippen molar-refractivity contribution >= 4 is 11.8 Å². The Hall–Kier alpha value is -3.28. The van der Waals surface area contributed by atoms with Crippen LogP contribution in [0.15, 0.2) is 60.1 Å². The van der Waals surface area contributed by atoms with Gasteiger partial charge in [0.05, 0.1) is 0 Å². The van der Waals surface area contributed by atoms with Crippen LogP contribution in [0.5, 0.6) is 5.75 Å². The summed E-state index contributed by atoms with van der Waals surface area (Å²) < 4.78 is 11.4. The maximum absolute atomic E-state index is 12.5. The number of hydrogen-bond donors (Lipinski definition) is 1. The summed E-state index contributed by atoms with van der Waals surface area (Å²) in [4.78, 5) is 26.5. The van der Waals surface area contributed by atoms with Crippen LogP contribution in [0.2, 0.25) is 0 Å². The highest BCUT2D eigenvalue weighted by Gasteiger charge is 2.22. The monoisotopic (exact) mass is 408 g/mol. The number of nitrogens with zero attached hydrogens (tertiary/aromatic N) is 1. The lowest BCUT2D eigenvalue weighted by molar-refractivity contribution is -0.131. The first-order valence-corrected chi connectivity index (χ1v) is 10.2. The summed E-state index contributed by atoms with van der Waals surface area (Å²) in [7, 11) is 0. The van der Waals surface area contributed by atoms with Crippen molar-refractivity contribution in [3.8, 4) is 5.75 Å². The number of furan rings is 1. The molecule has 0 radical (unpaired) electrons. The summed E-state index contributed by atoms with van der Waals surface area (Å²) in [6.45, 7) is 9.94. The number of amides is 2. The molecule has 1 N–H and O–H groups in total. The number of carbonyl (C=O) groups is 2. The lowest BCUT2D eigenvalue weighted by Gasteiger charge is -2.23. The van der Waals surface area contributed by atoms with Crippen LogP contribution in [0.4, 0.5) is 0 Å². The molecule has 1 atom stereocenters. The Labute approximate surface area is 177 Å². The molecular weight excluding hydrogens is 380 g/mol. The first-order valence-electron chi connectivity index (χ1n) is 10.2. The van der Waals surface area contributed by atoms with Crippen molar-refractivity contribution < 1.29 is 18.7 Å². The fourth-order valence-corrected chi connectivity index (χ4v) is 3.54. The molecule has 1 unspecified atom stereocenters. The van der Waals surface area contributed by atoms with Gasteiger partial charge in [0.25, 0.3) is 5.91 Å². The standard InChI is InChI=1S/C24H28N2O4/c1-4-13-26(14-5-2)24(28)17(3)25-23(27)22-12-11-21(30-22)16-29-20-10-9-18-7-6-8-19(18)15-20/h4-5,9-12,15,17H,1-2,6-8,13-14,16H2,3H3,(H,25,27). The molecule has 6 heteroatoms. The van der Waals surface area contributed by atoms with E-state index in [0.29, 0.717) is 18.8 Å². The Morgan fingerprint density at radius 3 is 2.63 bits per heavy atom. The van der Waals surface area contributed by atoms with Gasteiger partial charge in [0.1, 0.15) is 24.2 Å². The lowest BCUT2D eigenvalue weighted by atomic mass is 10.1. The van der Waals surface area contributed by atoms with E-state index in [1.165, 1.54) is 17.5 Å². The van der Waals surface area contributed by atoms with Crippen molar-refractivity contribution in [2.24, 2.45) is 0 Å². The highest BCUT2D eigenvalue weighted by molar-refractivity contribution is 5.95. The summed E-state index contributed by atoms with van der Waals surface area (Å²) >= 11 is 0. The number of rotatable bonds is 10. The maximum atomic E-state index is 12.5. The Bertz CT molecular complexity index is 921. The van der Waals surface area contributed by atoms with E-state index in [4.69, 9.17) is 9.15 Å². The summed E-state index contributed by atoms with van der Waals surface area (Å²) in [6, 6.07) is 8.74. The lowest BCUT2D eigenvalue weighted by Crippen LogP contribution is -2.47. The number of nitrogens with one attached hydrogen (secondary N) is 1. The molecule has 3 rings (SSSR count). The van der Waals surface area contributed by atoms with Crippen molar-refractivity contribution in [1.29, 1.82) is 0 Å². The van der Waals surface area contributed by atoms with E-state index in [0.717, 1.165) is 18.6 Å². The predicted molar refractivity (Wildman–Crippen MR) is 115 cm³/mol.